The van der Waals surface area contributed by atoms with Gasteiger partial charge in [-0.3, -0.25) is 9.78 Å². The lowest BCUT2D eigenvalue weighted by molar-refractivity contribution is -0.142. The summed E-state index contributed by atoms with van der Waals surface area (Å²) >= 11 is 1.48. The summed E-state index contributed by atoms with van der Waals surface area (Å²) in [5.41, 5.74) is 1.71. The van der Waals surface area contributed by atoms with E-state index in [-0.39, 0.29) is 17.9 Å². The first-order chi connectivity index (χ1) is 9.16. The first kappa shape index (κ1) is 13.8. The number of amides is 2. The van der Waals surface area contributed by atoms with Crippen LogP contribution in [0.5, 0.6) is 0 Å². The molecule has 2 amide bonds. The van der Waals surface area contributed by atoms with Gasteiger partial charge in [-0.15, -0.1) is 11.3 Å². The number of urea groups is 1. The SMILES string of the molecule is O=C(NCc1cncs1)NCC1CCCC1C(=O)O. The molecule has 1 heterocycles. The van der Waals surface area contributed by atoms with E-state index in [0.29, 0.717) is 19.5 Å². The quantitative estimate of drug-likeness (QED) is 0.762. The van der Waals surface area contributed by atoms with Crippen LogP contribution in [-0.4, -0.2) is 28.6 Å². The monoisotopic (exact) mass is 283 g/mol. The van der Waals surface area contributed by atoms with Crippen LogP contribution in [0.1, 0.15) is 24.1 Å². The number of hydrogen-bond acceptors (Lipinski definition) is 4. The summed E-state index contributed by atoms with van der Waals surface area (Å²) in [5.74, 6) is -1.03. The van der Waals surface area contributed by atoms with Crippen molar-refractivity contribution in [1.82, 2.24) is 15.6 Å². The number of nitrogens with one attached hydrogen (secondary N) is 2. The Kier molecular flexibility index (Phi) is 4.73. The second-order valence-corrected chi connectivity index (χ2v) is 5.64. The zero-order valence-electron chi connectivity index (χ0n) is 10.5. The van der Waals surface area contributed by atoms with Crippen LogP contribution in [0.25, 0.3) is 0 Å². The minimum atomic E-state index is -0.755. The van der Waals surface area contributed by atoms with Crippen LogP contribution in [-0.2, 0) is 11.3 Å². The maximum Gasteiger partial charge on any atom is 0.315 e. The molecule has 2 unspecified atom stereocenters. The second-order valence-electron chi connectivity index (χ2n) is 4.67. The van der Waals surface area contributed by atoms with Gasteiger partial charge in [0.1, 0.15) is 0 Å². The Hall–Kier alpha value is -1.63. The van der Waals surface area contributed by atoms with Gasteiger partial charge in [-0.2, -0.15) is 0 Å². The third-order valence-electron chi connectivity index (χ3n) is 3.41. The molecule has 0 bridgehead atoms. The highest BCUT2D eigenvalue weighted by Gasteiger charge is 2.32. The van der Waals surface area contributed by atoms with Crippen LogP contribution in [0.15, 0.2) is 11.7 Å². The fourth-order valence-corrected chi connectivity index (χ4v) is 2.92. The van der Waals surface area contributed by atoms with Crippen LogP contribution in [0.3, 0.4) is 0 Å². The van der Waals surface area contributed by atoms with Crippen molar-refractivity contribution < 1.29 is 14.7 Å². The fraction of sp³-hybridized carbons (Fsp3) is 0.583. The maximum absolute atomic E-state index is 11.6. The minimum absolute atomic E-state index is 0.0478. The Bertz CT molecular complexity index is 435. The molecule has 1 aliphatic rings. The van der Waals surface area contributed by atoms with E-state index >= 15 is 0 Å². The van der Waals surface area contributed by atoms with E-state index in [9.17, 15) is 9.59 Å². The smallest absolute Gasteiger partial charge is 0.315 e. The molecule has 1 aromatic heterocycles. The number of carbonyl (C=O) groups excluding carboxylic acids is 1. The Morgan fingerprint density at radius 3 is 2.95 bits per heavy atom. The molecular weight excluding hydrogens is 266 g/mol. The molecule has 1 aromatic rings. The summed E-state index contributed by atoms with van der Waals surface area (Å²) < 4.78 is 0. The van der Waals surface area contributed by atoms with E-state index < -0.39 is 5.97 Å². The molecule has 1 saturated carbocycles. The van der Waals surface area contributed by atoms with E-state index in [0.717, 1.165) is 17.7 Å². The number of carboxylic acids is 1. The summed E-state index contributed by atoms with van der Waals surface area (Å²) in [6, 6.07) is -0.260. The summed E-state index contributed by atoms with van der Waals surface area (Å²) in [5, 5.41) is 14.5. The first-order valence-electron chi connectivity index (χ1n) is 6.28. The zero-order valence-corrected chi connectivity index (χ0v) is 11.3. The largest absolute Gasteiger partial charge is 0.481 e. The standard InChI is InChI=1S/C12H17N3O3S/c16-11(17)10-3-1-2-8(10)4-14-12(18)15-6-9-5-13-7-19-9/h5,7-8,10H,1-4,6H2,(H,16,17)(H2,14,15,18). The average molecular weight is 283 g/mol. The number of carbonyl (C=O) groups is 2. The summed E-state index contributed by atoms with van der Waals surface area (Å²) in [4.78, 5) is 27.5. The predicted octanol–water partition coefficient (Wildman–Crippen LogP) is 1.44. The van der Waals surface area contributed by atoms with Gasteiger partial charge >= 0.3 is 12.0 Å². The van der Waals surface area contributed by atoms with Crippen molar-refractivity contribution in [3.8, 4) is 0 Å². The van der Waals surface area contributed by atoms with E-state index in [1.807, 2.05) is 0 Å². The normalized spacial score (nSPS) is 22.1. The third kappa shape index (κ3) is 3.92. The number of hydrogen-bond donors (Lipinski definition) is 3. The third-order valence-corrected chi connectivity index (χ3v) is 4.19. The molecule has 2 atom stereocenters. The second kappa shape index (κ2) is 6.51. The summed E-state index contributed by atoms with van der Waals surface area (Å²) in [6.07, 6.45) is 4.21. The van der Waals surface area contributed by atoms with Crippen LogP contribution in [0, 0.1) is 11.8 Å². The minimum Gasteiger partial charge on any atom is -0.481 e. The van der Waals surface area contributed by atoms with Crippen molar-refractivity contribution in [2.24, 2.45) is 11.8 Å². The number of aliphatic carboxylic acids is 1. The van der Waals surface area contributed by atoms with Crippen molar-refractivity contribution >= 4 is 23.3 Å². The van der Waals surface area contributed by atoms with Crippen molar-refractivity contribution in [1.29, 1.82) is 0 Å². The highest BCUT2D eigenvalue weighted by molar-refractivity contribution is 7.09. The highest BCUT2D eigenvalue weighted by atomic mass is 32.1. The summed E-state index contributed by atoms with van der Waals surface area (Å²) in [6.45, 7) is 0.870. The molecule has 104 valence electrons. The van der Waals surface area contributed by atoms with Gasteiger partial charge < -0.3 is 15.7 Å². The van der Waals surface area contributed by atoms with Crippen LogP contribution < -0.4 is 10.6 Å². The van der Waals surface area contributed by atoms with Crippen molar-refractivity contribution in [2.75, 3.05) is 6.54 Å². The molecular formula is C12H17N3O3S. The van der Waals surface area contributed by atoms with E-state index in [1.54, 1.807) is 11.7 Å². The lowest BCUT2D eigenvalue weighted by Crippen LogP contribution is -2.39. The molecule has 2 rings (SSSR count). The van der Waals surface area contributed by atoms with Crippen molar-refractivity contribution in [3.63, 3.8) is 0 Å². The maximum atomic E-state index is 11.6. The Labute approximate surface area is 115 Å². The molecule has 0 radical (unpaired) electrons. The first-order valence-corrected chi connectivity index (χ1v) is 7.16. The molecule has 1 fully saturated rings. The number of rotatable bonds is 5. The highest BCUT2D eigenvalue weighted by Crippen LogP contribution is 2.31. The van der Waals surface area contributed by atoms with Gasteiger partial charge in [-0.05, 0) is 18.8 Å². The van der Waals surface area contributed by atoms with Crippen molar-refractivity contribution in [3.05, 3.63) is 16.6 Å². The topological polar surface area (TPSA) is 91.3 Å². The van der Waals surface area contributed by atoms with Gasteiger partial charge in [-0.25, -0.2) is 4.79 Å². The van der Waals surface area contributed by atoms with Gasteiger partial charge in [0.15, 0.2) is 0 Å². The van der Waals surface area contributed by atoms with Crippen molar-refractivity contribution in [2.45, 2.75) is 25.8 Å². The van der Waals surface area contributed by atoms with E-state index in [1.165, 1.54) is 11.3 Å². The molecule has 7 heteroatoms. The van der Waals surface area contributed by atoms with Gasteiger partial charge in [0.2, 0.25) is 0 Å². The fourth-order valence-electron chi connectivity index (χ4n) is 2.39. The van der Waals surface area contributed by atoms with E-state index in [2.05, 4.69) is 15.6 Å². The zero-order chi connectivity index (χ0) is 13.7. The molecule has 0 aromatic carbocycles. The number of thiazole rings is 1. The molecule has 0 saturated heterocycles. The van der Waals surface area contributed by atoms with Crippen LogP contribution >= 0.6 is 11.3 Å². The van der Waals surface area contributed by atoms with Gasteiger partial charge in [-0.1, -0.05) is 6.42 Å². The van der Waals surface area contributed by atoms with Crippen LogP contribution in [0.2, 0.25) is 0 Å². The predicted molar refractivity (Wildman–Crippen MR) is 70.8 cm³/mol. The molecule has 3 N–H and O–H groups in total. The molecule has 0 aliphatic heterocycles. The number of carboxylic acid groups (broad SMARTS) is 1. The van der Waals surface area contributed by atoms with Gasteiger partial charge in [0.25, 0.3) is 0 Å². The number of nitrogens with zero attached hydrogens (tertiary/aromatic N) is 1. The Morgan fingerprint density at radius 1 is 1.42 bits per heavy atom. The average Bonchev–Trinajstić information content (AvgIpc) is 3.04. The molecule has 1 aliphatic carbocycles. The molecule has 6 nitrogen and oxygen atoms in total. The lowest BCUT2D eigenvalue weighted by atomic mass is 9.96. The van der Waals surface area contributed by atoms with Crippen LogP contribution in [0.4, 0.5) is 4.79 Å². The molecule has 19 heavy (non-hydrogen) atoms. The molecule has 0 spiro atoms. The van der Waals surface area contributed by atoms with Gasteiger partial charge in [0.05, 0.1) is 18.0 Å². The summed E-state index contributed by atoms with van der Waals surface area (Å²) in [7, 11) is 0. The Balaban J connectivity index is 1.70. The van der Waals surface area contributed by atoms with Gasteiger partial charge in [0, 0.05) is 17.6 Å². The van der Waals surface area contributed by atoms with E-state index in [4.69, 9.17) is 5.11 Å². The number of aromatic nitrogens is 1. The lowest BCUT2D eigenvalue weighted by Gasteiger charge is -2.16. The Morgan fingerprint density at radius 2 is 2.26 bits per heavy atom.